The van der Waals surface area contributed by atoms with Crippen LogP contribution in [0.3, 0.4) is 0 Å². The fourth-order valence-electron chi connectivity index (χ4n) is 6.10. The first kappa shape index (κ1) is 38.2. The molecule has 0 spiro atoms. The Kier molecular flexibility index (Phi) is 14.0. The number of rotatable bonds is 12. The third-order valence-electron chi connectivity index (χ3n) is 8.17. The molecule has 5 rings (SSSR count). The molecule has 0 bridgehead atoms. The first-order valence-corrected chi connectivity index (χ1v) is 17.6. The van der Waals surface area contributed by atoms with Crippen molar-refractivity contribution in [2.75, 3.05) is 19.0 Å². The van der Waals surface area contributed by atoms with Crippen LogP contribution in [0.4, 0.5) is 13.2 Å². The standard InChI is InChI=1S/C36H35BrF3NO3.CH4.HPS/c1-25-13-15-26(16-14-25)23-44-28-18-17-27(33(21-28)43-2)22-41(24-36(38,39)40)34(42)35(19-7-8-20-37)31-11-5-3-9-29(31)30-10-4-6-12-32(30)35;;1-2/h3-6,9-18,21H,7-8,19-20,22-24H2,1-2H3;1H4;1H. The van der Waals surface area contributed by atoms with E-state index in [0.29, 0.717) is 36.5 Å². The number of halogens is 4. The van der Waals surface area contributed by atoms with Crippen LogP contribution in [0.5, 0.6) is 11.5 Å². The molecule has 1 aliphatic carbocycles. The number of ether oxygens (including phenoxy) is 2. The molecular formula is C37H40BrF3NO3PS. The third kappa shape index (κ3) is 8.81. The molecule has 0 fully saturated rings. The van der Waals surface area contributed by atoms with E-state index in [4.69, 9.17) is 9.47 Å². The van der Waals surface area contributed by atoms with Crippen LogP contribution in [-0.4, -0.2) is 36.0 Å². The number of amides is 1. The van der Waals surface area contributed by atoms with Gasteiger partial charge in [0.1, 0.15) is 30.1 Å². The van der Waals surface area contributed by atoms with Crippen molar-refractivity contribution >= 4 is 41.7 Å². The Morgan fingerprint density at radius 2 is 1.51 bits per heavy atom. The van der Waals surface area contributed by atoms with E-state index in [2.05, 4.69) is 35.8 Å². The van der Waals surface area contributed by atoms with Gasteiger partial charge < -0.3 is 14.4 Å². The second-order valence-electron chi connectivity index (χ2n) is 11.2. The van der Waals surface area contributed by atoms with E-state index >= 15 is 0 Å². The highest BCUT2D eigenvalue weighted by atomic mass is 79.9. The molecule has 4 aromatic carbocycles. The lowest BCUT2D eigenvalue weighted by Crippen LogP contribution is -2.49. The number of unbranched alkanes of at least 4 members (excludes halogenated alkanes) is 1. The summed E-state index contributed by atoms with van der Waals surface area (Å²) in [5.74, 6) is 0.306. The van der Waals surface area contributed by atoms with Gasteiger partial charge in [0, 0.05) is 23.5 Å². The van der Waals surface area contributed by atoms with Gasteiger partial charge in [-0.1, -0.05) is 120 Å². The van der Waals surface area contributed by atoms with Crippen LogP contribution in [0.25, 0.3) is 11.1 Å². The summed E-state index contributed by atoms with van der Waals surface area (Å²) in [5, 5.41) is 0.738. The van der Waals surface area contributed by atoms with Gasteiger partial charge in [-0.3, -0.25) is 4.79 Å². The first-order chi connectivity index (χ1) is 22.2. The SMILES string of the molecule is C.COc1cc(OCc2ccc(C)cc2)ccc1CN(CC(F)(F)F)C(=O)C1(CCCCBr)c2ccccc2-c2ccccc21.P=S. The molecule has 0 aromatic heterocycles. The number of carbonyl (C=O) groups is 1. The predicted octanol–water partition coefficient (Wildman–Crippen LogP) is 10.2. The van der Waals surface area contributed by atoms with E-state index < -0.39 is 24.0 Å². The van der Waals surface area contributed by atoms with Crippen molar-refractivity contribution in [3.63, 3.8) is 0 Å². The van der Waals surface area contributed by atoms with Crippen molar-refractivity contribution in [2.24, 2.45) is 0 Å². The van der Waals surface area contributed by atoms with Gasteiger partial charge in [-0.05, 0) is 67.7 Å². The van der Waals surface area contributed by atoms with E-state index in [1.165, 1.54) is 7.11 Å². The number of carbonyl (C=O) groups excluding carboxylic acids is 1. The van der Waals surface area contributed by atoms with Gasteiger partial charge in [0.05, 0.1) is 7.11 Å². The van der Waals surface area contributed by atoms with E-state index in [9.17, 15) is 18.0 Å². The van der Waals surface area contributed by atoms with Crippen molar-refractivity contribution in [2.45, 2.75) is 58.4 Å². The minimum atomic E-state index is -4.60. The Hall–Kier alpha value is -3.26. The molecule has 1 amide bonds. The average molecular weight is 747 g/mol. The molecule has 0 saturated heterocycles. The third-order valence-corrected chi connectivity index (χ3v) is 8.73. The summed E-state index contributed by atoms with van der Waals surface area (Å²) < 4.78 is 54.0. The molecule has 4 nitrogen and oxygen atoms in total. The molecule has 0 saturated carbocycles. The first-order valence-electron chi connectivity index (χ1n) is 14.8. The Bertz CT molecular complexity index is 1590. The summed E-state index contributed by atoms with van der Waals surface area (Å²) in [6.07, 6.45) is -2.76. The molecule has 0 unspecified atom stereocenters. The number of alkyl halides is 4. The average Bonchev–Trinajstić information content (AvgIpc) is 3.35. The largest absolute Gasteiger partial charge is 0.496 e. The Balaban J connectivity index is 0.00000196. The fourth-order valence-corrected chi connectivity index (χ4v) is 6.50. The van der Waals surface area contributed by atoms with Gasteiger partial charge in [0.15, 0.2) is 0 Å². The summed E-state index contributed by atoms with van der Waals surface area (Å²) in [7, 11) is 4.02. The van der Waals surface area contributed by atoms with Gasteiger partial charge in [0.2, 0.25) is 5.91 Å². The van der Waals surface area contributed by atoms with E-state index in [0.717, 1.165) is 50.0 Å². The lowest BCUT2D eigenvalue weighted by molar-refractivity contribution is -0.165. The topological polar surface area (TPSA) is 38.8 Å². The van der Waals surface area contributed by atoms with Gasteiger partial charge in [-0.25, -0.2) is 0 Å². The summed E-state index contributed by atoms with van der Waals surface area (Å²) in [6.45, 7) is 0.684. The normalized spacial score (nSPS) is 12.5. The molecule has 4 aromatic rings. The molecule has 10 heteroatoms. The Morgan fingerprint density at radius 3 is 2.06 bits per heavy atom. The smallest absolute Gasteiger partial charge is 0.406 e. The van der Waals surface area contributed by atoms with Gasteiger partial charge in [0.25, 0.3) is 0 Å². The number of benzene rings is 4. The number of fused-ring (bicyclic) bond motifs is 3. The van der Waals surface area contributed by atoms with Gasteiger partial charge in [-0.2, -0.15) is 13.2 Å². The molecule has 0 radical (unpaired) electrons. The number of hydrogen-bond acceptors (Lipinski definition) is 4. The van der Waals surface area contributed by atoms with Crippen LogP contribution in [0.1, 0.15) is 54.5 Å². The zero-order valence-corrected chi connectivity index (χ0v) is 29.1. The zero-order chi connectivity index (χ0) is 33.3. The molecule has 0 heterocycles. The van der Waals surface area contributed by atoms with Crippen LogP contribution < -0.4 is 9.47 Å². The van der Waals surface area contributed by atoms with Crippen molar-refractivity contribution in [1.82, 2.24) is 4.90 Å². The maximum Gasteiger partial charge on any atom is 0.406 e. The zero-order valence-electron chi connectivity index (χ0n) is 25.7. The van der Waals surface area contributed by atoms with Crippen LogP contribution in [-0.2, 0) is 35.2 Å². The van der Waals surface area contributed by atoms with Crippen molar-refractivity contribution < 1.29 is 27.4 Å². The second-order valence-corrected chi connectivity index (χ2v) is 12.0. The van der Waals surface area contributed by atoms with Crippen molar-refractivity contribution in [3.05, 3.63) is 119 Å². The summed E-state index contributed by atoms with van der Waals surface area (Å²) >= 11 is 7.36. The van der Waals surface area contributed by atoms with Crippen molar-refractivity contribution in [1.29, 1.82) is 0 Å². The second kappa shape index (κ2) is 17.2. The summed E-state index contributed by atoms with van der Waals surface area (Å²) in [6, 6.07) is 28.2. The van der Waals surface area contributed by atoms with Crippen LogP contribution in [0.15, 0.2) is 91.0 Å². The van der Waals surface area contributed by atoms with E-state index in [1.807, 2.05) is 79.7 Å². The summed E-state index contributed by atoms with van der Waals surface area (Å²) in [4.78, 5) is 15.7. The van der Waals surface area contributed by atoms with Crippen LogP contribution in [0, 0.1) is 6.92 Å². The maximum atomic E-state index is 14.8. The van der Waals surface area contributed by atoms with E-state index in [1.54, 1.807) is 18.2 Å². The summed E-state index contributed by atoms with van der Waals surface area (Å²) in [5.41, 5.74) is 4.62. The number of aryl methyl sites for hydroxylation is 1. The molecule has 0 aliphatic heterocycles. The number of nitrogens with zero attached hydrogens (tertiary/aromatic N) is 1. The molecular weight excluding hydrogens is 706 g/mol. The minimum absolute atomic E-state index is 0. The molecule has 1 aliphatic rings. The molecule has 0 N–H and O–H groups in total. The quantitative estimate of drug-likeness (QED) is 0.0822. The highest BCUT2D eigenvalue weighted by Gasteiger charge is 2.51. The lowest BCUT2D eigenvalue weighted by Gasteiger charge is -2.37. The van der Waals surface area contributed by atoms with Crippen LogP contribution >= 0.6 is 23.9 Å². The monoisotopic (exact) mass is 745 g/mol. The molecule has 47 heavy (non-hydrogen) atoms. The lowest BCUT2D eigenvalue weighted by atomic mass is 9.73. The van der Waals surface area contributed by atoms with Crippen LogP contribution in [0.2, 0.25) is 0 Å². The molecule has 250 valence electrons. The Labute approximate surface area is 291 Å². The highest BCUT2D eigenvalue weighted by Crippen LogP contribution is 2.52. The number of hydrogen-bond donors (Lipinski definition) is 0. The van der Waals surface area contributed by atoms with Gasteiger partial charge >= 0.3 is 6.18 Å². The molecule has 0 atom stereocenters. The highest BCUT2D eigenvalue weighted by molar-refractivity contribution is 9.09. The van der Waals surface area contributed by atoms with Crippen molar-refractivity contribution in [3.8, 4) is 22.6 Å². The Morgan fingerprint density at radius 1 is 0.915 bits per heavy atom. The predicted molar refractivity (Wildman–Crippen MR) is 193 cm³/mol. The fraction of sp³-hybridized carbons (Fsp3) is 0.324. The van der Waals surface area contributed by atoms with Gasteiger partial charge in [-0.15, -0.1) is 0 Å². The maximum absolute atomic E-state index is 14.8. The minimum Gasteiger partial charge on any atom is -0.496 e. The number of methoxy groups -OCH3 is 1. The van der Waals surface area contributed by atoms with E-state index in [-0.39, 0.29) is 14.0 Å².